The fraction of sp³-hybridized carbons (Fsp3) is 0.571. The summed E-state index contributed by atoms with van der Waals surface area (Å²) in [7, 11) is 1.76. The van der Waals surface area contributed by atoms with Crippen LogP contribution in [0.2, 0.25) is 0 Å². The molecule has 13 heavy (non-hydrogen) atoms. The first-order valence-corrected chi connectivity index (χ1v) is 4.86. The van der Waals surface area contributed by atoms with Crippen molar-refractivity contribution in [2.75, 3.05) is 5.75 Å². The van der Waals surface area contributed by atoms with Gasteiger partial charge in [-0.25, -0.2) is 9.67 Å². The summed E-state index contributed by atoms with van der Waals surface area (Å²) in [5, 5.41) is 13.2. The summed E-state index contributed by atoms with van der Waals surface area (Å²) in [6.07, 6.45) is 0.765. The summed E-state index contributed by atoms with van der Waals surface area (Å²) < 4.78 is 1.60. The van der Waals surface area contributed by atoms with E-state index in [2.05, 4.69) is 10.1 Å². The minimum Gasteiger partial charge on any atom is -0.481 e. The Morgan fingerprint density at radius 2 is 2.38 bits per heavy atom. The van der Waals surface area contributed by atoms with Crippen LogP contribution >= 0.6 is 11.8 Å². The first-order chi connectivity index (χ1) is 6.13. The van der Waals surface area contributed by atoms with Gasteiger partial charge in [-0.3, -0.25) is 4.79 Å². The maximum atomic E-state index is 10.3. The molecule has 0 bridgehead atoms. The van der Waals surface area contributed by atoms with E-state index in [-0.39, 0.29) is 5.75 Å². The first kappa shape index (κ1) is 10.0. The zero-order valence-electron chi connectivity index (χ0n) is 7.52. The molecule has 1 aromatic rings. The van der Waals surface area contributed by atoms with E-state index in [1.54, 1.807) is 11.7 Å². The van der Waals surface area contributed by atoms with Crippen molar-refractivity contribution < 1.29 is 9.90 Å². The Morgan fingerprint density at radius 1 is 1.69 bits per heavy atom. The Hall–Kier alpha value is -1.04. The SMILES string of the molecule is CCc1nc(SCC(=O)O)n(C)n1. The second kappa shape index (κ2) is 4.27. The molecule has 0 fully saturated rings. The van der Waals surface area contributed by atoms with Gasteiger partial charge in [-0.1, -0.05) is 18.7 Å². The molecule has 72 valence electrons. The van der Waals surface area contributed by atoms with Gasteiger partial charge >= 0.3 is 5.97 Å². The van der Waals surface area contributed by atoms with Crippen LogP contribution in [0.15, 0.2) is 5.16 Å². The Labute approximate surface area is 80.2 Å². The highest BCUT2D eigenvalue weighted by Crippen LogP contribution is 2.14. The van der Waals surface area contributed by atoms with Crippen LogP contribution in [0.4, 0.5) is 0 Å². The highest BCUT2D eigenvalue weighted by molar-refractivity contribution is 7.99. The monoisotopic (exact) mass is 201 g/mol. The van der Waals surface area contributed by atoms with Gasteiger partial charge in [0.1, 0.15) is 0 Å². The fourth-order valence-electron chi connectivity index (χ4n) is 0.823. The van der Waals surface area contributed by atoms with Gasteiger partial charge in [0.15, 0.2) is 11.0 Å². The molecule has 1 aromatic heterocycles. The second-order valence-electron chi connectivity index (χ2n) is 2.47. The summed E-state index contributed by atoms with van der Waals surface area (Å²) in [4.78, 5) is 14.4. The van der Waals surface area contributed by atoms with Crippen molar-refractivity contribution in [2.45, 2.75) is 18.5 Å². The van der Waals surface area contributed by atoms with Gasteiger partial charge in [-0.15, -0.1) is 0 Å². The standard InChI is InChI=1S/C7H11N3O2S/c1-3-5-8-7(10(2)9-5)13-4-6(11)12/h3-4H2,1-2H3,(H,11,12). The Bertz CT molecular complexity index is 311. The zero-order valence-corrected chi connectivity index (χ0v) is 8.34. The summed E-state index contributed by atoms with van der Waals surface area (Å²) in [6, 6.07) is 0. The number of thioether (sulfide) groups is 1. The van der Waals surface area contributed by atoms with Crippen molar-refractivity contribution >= 4 is 17.7 Å². The summed E-state index contributed by atoms with van der Waals surface area (Å²) in [6.45, 7) is 1.96. The van der Waals surface area contributed by atoms with E-state index in [4.69, 9.17) is 5.11 Å². The summed E-state index contributed by atoms with van der Waals surface area (Å²) in [5.74, 6) is -0.0724. The van der Waals surface area contributed by atoms with Crippen molar-refractivity contribution in [2.24, 2.45) is 7.05 Å². The number of nitrogens with zero attached hydrogens (tertiary/aromatic N) is 3. The topological polar surface area (TPSA) is 68.0 Å². The maximum Gasteiger partial charge on any atom is 0.313 e. The number of aryl methyl sites for hydroxylation is 2. The molecular formula is C7H11N3O2S. The van der Waals surface area contributed by atoms with Crippen LogP contribution in [0.25, 0.3) is 0 Å². The molecule has 0 amide bonds. The summed E-state index contributed by atoms with van der Waals surface area (Å²) >= 11 is 1.18. The van der Waals surface area contributed by atoms with E-state index >= 15 is 0 Å². The van der Waals surface area contributed by atoms with Crippen molar-refractivity contribution in [3.05, 3.63) is 5.82 Å². The molecule has 0 aliphatic carbocycles. The average Bonchev–Trinajstić information content (AvgIpc) is 2.43. The molecule has 0 aromatic carbocycles. The number of aliphatic carboxylic acids is 1. The first-order valence-electron chi connectivity index (χ1n) is 3.88. The van der Waals surface area contributed by atoms with Crippen LogP contribution < -0.4 is 0 Å². The number of hydrogen-bond donors (Lipinski definition) is 1. The lowest BCUT2D eigenvalue weighted by Crippen LogP contribution is -2.00. The van der Waals surface area contributed by atoms with E-state index in [9.17, 15) is 4.79 Å². The molecule has 0 spiro atoms. The van der Waals surface area contributed by atoms with Crippen LogP contribution in [-0.2, 0) is 18.3 Å². The molecular weight excluding hydrogens is 190 g/mol. The molecule has 0 saturated carbocycles. The predicted octanol–water partition coefficient (Wildman–Crippen LogP) is 0.554. The Morgan fingerprint density at radius 3 is 2.85 bits per heavy atom. The van der Waals surface area contributed by atoms with E-state index in [1.165, 1.54) is 11.8 Å². The predicted molar refractivity (Wildman–Crippen MR) is 48.7 cm³/mol. The van der Waals surface area contributed by atoms with Crippen LogP contribution in [0.5, 0.6) is 0 Å². The lowest BCUT2D eigenvalue weighted by atomic mass is 10.5. The molecule has 0 aliphatic rings. The fourth-order valence-corrected chi connectivity index (χ4v) is 1.47. The number of aromatic nitrogens is 3. The van der Waals surface area contributed by atoms with E-state index in [0.29, 0.717) is 5.16 Å². The van der Waals surface area contributed by atoms with Gasteiger partial charge in [0, 0.05) is 13.5 Å². The highest BCUT2D eigenvalue weighted by atomic mass is 32.2. The summed E-state index contributed by atoms with van der Waals surface area (Å²) in [5.41, 5.74) is 0. The number of hydrogen-bond acceptors (Lipinski definition) is 4. The van der Waals surface area contributed by atoms with Crippen molar-refractivity contribution in [1.29, 1.82) is 0 Å². The normalized spacial score (nSPS) is 10.3. The molecule has 0 unspecified atom stereocenters. The van der Waals surface area contributed by atoms with Gasteiger partial charge < -0.3 is 5.11 Å². The zero-order chi connectivity index (χ0) is 9.84. The molecule has 0 atom stereocenters. The number of carboxylic acid groups (broad SMARTS) is 1. The molecule has 6 heteroatoms. The van der Waals surface area contributed by atoms with E-state index in [1.807, 2.05) is 6.92 Å². The molecule has 0 radical (unpaired) electrons. The van der Waals surface area contributed by atoms with Crippen LogP contribution in [0, 0.1) is 0 Å². The third-order valence-corrected chi connectivity index (χ3v) is 2.41. The third kappa shape index (κ3) is 2.73. The van der Waals surface area contributed by atoms with Gasteiger partial charge in [0.2, 0.25) is 0 Å². The smallest absolute Gasteiger partial charge is 0.313 e. The number of carboxylic acids is 1. The third-order valence-electron chi connectivity index (χ3n) is 1.41. The number of rotatable bonds is 4. The minimum absolute atomic E-state index is 0.0235. The largest absolute Gasteiger partial charge is 0.481 e. The van der Waals surface area contributed by atoms with Gasteiger partial charge in [0.05, 0.1) is 5.75 Å². The molecule has 1 heterocycles. The minimum atomic E-state index is -0.842. The van der Waals surface area contributed by atoms with Gasteiger partial charge in [0.25, 0.3) is 0 Å². The Balaban J connectivity index is 2.65. The van der Waals surface area contributed by atoms with Crippen LogP contribution in [-0.4, -0.2) is 31.6 Å². The van der Waals surface area contributed by atoms with Gasteiger partial charge in [-0.05, 0) is 0 Å². The van der Waals surface area contributed by atoms with E-state index < -0.39 is 5.97 Å². The van der Waals surface area contributed by atoms with Gasteiger partial charge in [-0.2, -0.15) is 5.10 Å². The molecule has 1 rings (SSSR count). The second-order valence-corrected chi connectivity index (χ2v) is 3.41. The maximum absolute atomic E-state index is 10.3. The van der Waals surface area contributed by atoms with Crippen molar-refractivity contribution in [3.8, 4) is 0 Å². The molecule has 0 saturated heterocycles. The Kier molecular flexibility index (Phi) is 3.30. The average molecular weight is 201 g/mol. The number of carbonyl (C=O) groups is 1. The molecule has 5 nitrogen and oxygen atoms in total. The molecule has 1 N–H and O–H groups in total. The quantitative estimate of drug-likeness (QED) is 0.721. The van der Waals surface area contributed by atoms with Crippen LogP contribution in [0.3, 0.4) is 0 Å². The van der Waals surface area contributed by atoms with Crippen molar-refractivity contribution in [1.82, 2.24) is 14.8 Å². The highest BCUT2D eigenvalue weighted by Gasteiger charge is 2.07. The van der Waals surface area contributed by atoms with E-state index in [0.717, 1.165) is 12.2 Å². The lowest BCUT2D eigenvalue weighted by molar-refractivity contribution is -0.133. The van der Waals surface area contributed by atoms with Crippen LogP contribution in [0.1, 0.15) is 12.7 Å². The lowest BCUT2D eigenvalue weighted by Gasteiger charge is -1.94. The van der Waals surface area contributed by atoms with Crippen molar-refractivity contribution in [3.63, 3.8) is 0 Å². The molecule has 0 aliphatic heterocycles.